The molecule has 3 N–H and O–H groups in total. The van der Waals surface area contributed by atoms with Crippen molar-refractivity contribution in [2.45, 2.75) is 36.3 Å². The third-order valence-electron chi connectivity index (χ3n) is 3.49. The Kier molecular flexibility index (Phi) is 4.45. The van der Waals surface area contributed by atoms with E-state index in [1.165, 1.54) is 19.2 Å². The minimum Gasteiger partial charge on any atom is -0.482 e. The third kappa shape index (κ3) is 3.31. The summed E-state index contributed by atoms with van der Waals surface area (Å²) in [6.07, 6.45) is 2.17. The second-order valence-electron chi connectivity index (χ2n) is 4.85. The van der Waals surface area contributed by atoms with E-state index in [0.717, 1.165) is 25.3 Å². The maximum Gasteiger partial charge on any atom is 0.312 e. The van der Waals surface area contributed by atoms with Crippen molar-refractivity contribution >= 4 is 15.7 Å². The Morgan fingerprint density at radius 2 is 2.14 bits per heavy atom. The van der Waals surface area contributed by atoms with E-state index < -0.39 is 14.9 Å². The summed E-state index contributed by atoms with van der Waals surface area (Å²) in [7, 11) is -2.50. The van der Waals surface area contributed by atoms with Gasteiger partial charge in [0.05, 0.1) is 9.82 Å². The van der Waals surface area contributed by atoms with Gasteiger partial charge in [-0.3, -0.25) is 10.1 Å². The average molecular weight is 315 g/mol. The summed E-state index contributed by atoms with van der Waals surface area (Å²) in [6, 6.07) is 3.40. The Balaban J connectivity index is 2.36. The van der Waals surface area contributed by atoms with Crippen LogP contribution in [0.1, 0.15) is 19.3 Å². The molecule has 0 spiro atoms. The first-order valence-corrected chi connectivity index (χ1v) is 7.97. The van der Waals surface area contributed by atoms with Crippen LogP contribution in [-0.2, 0) is 10.0 Å². The van der Waals surface area contributed by atoms with Gasteiger partial charge in [0.25, 0.3) is 0 Å². The predicted octanol–water partition coefficient (Wildman–Crippen LogP) is 0.761. The largest absolute Gasteiger partial charge is 0.482 e. The predicted molar refractivity (Wildman–Crippen MR) is 75.6 cm³/mol. The molecule has 116 valence electrons. The van der Waals surface area contributed by atoms with Gasteiger partial charge >= 0.3 is 5.69 Å². The van der Waals surface area contributed by atoms with Crippen molar-refractivity contribution in [3.63, 3.8) is 0 Å². The highest BCUT2D eigenvalue weighted by atomic mass is 32.2. The molecule has 0 bridgehead atoms. The smallest absolute Gasteiger partial charge is 0.312 e. The molecule has 0 heterocycles. The summed E-state index contributed by atoms with van der Waals surface area (Å²) in [4.78, 5) is 10.3. The van der Waals surface area contributed by atoms with Crippen molar-refractivity contribution in [2.75, 3.05) is 7.05 Å². The number of nitrogens with one attached hydrogen (secondary N) is 1. The van der Waals surface area contributed by atoms with Crippen LogP contribution < -0.4 is 15.2 Å². The molecule has 2 rings (SSSR count). The van der Waals surface area contributed by atoms with E-state index in [0.29, 0.717) is 0 Å². The molecule has 2 unspecified atom stereocenters. The first kappa shape index (κ1) is 15.7. The molecule has 1 aromatic carbocycles. The number of hydrogen-bond donors (Lipinski definition) is 2. The molecule has 1 aromatic rings. The van der Waals surface area contributed by atoms with Crippen LogP contribution in [0, 0.1) is 10.1 Å². The number of nitrogens with zero attached hydrogens (tertiary/aromatic N) is 1. The lowest BCUT2D eigenvalue weighted by Crippen LogP contribution is -2.33. The Bertz CT molecular complexity index is 646. The van der Waals surface area contributed by atoms with Gasteiger partial charge in [0, 0.05) is 12.1 Å². The molecule has 0 aliphatic heterocycles. The molecule has 9 heteroatoms. The molecule has 1 saturated carbocycles. The van der Waals surface area contributed by atoms with Crippen LogP contribution in [0.5, 0.6) is 5.75 Å². The first-order chi connectivity index (χ1) is 9.85. The number of hydrogen-bond acceptors (Lipinski definition) is 6. The topological polar surface area (TPSA) is 125 Å². The summed E-state index contributed by atoms with van der Waals surface area (Å²) in [6.45, 7) is 0. The summed E-state index contributed by atoms with van der Waals surface area (Å²) in [5.74, 6) is 0.0393. The van der Waals surface area contributed by atoms with E-state index in [1.54, 1.807) is 0 Å². The van der Waals surface area contributed by atoms with Crippen molar-refractivity contribution in [2.24, 2.45) is 5.73 Å². The Labute approximate surface area is 122 Å². The first-order valence-electron chi connectivity index (χ1n) is 6.49. The number of nitro groups is 1. The highest BCUT2D eigenvalue weighted by Gasteiger charge is 2.29. The fourth-order valence-electron chi connectivity index (χ4n) is 2.29. The van der Waals surface area contributed by atoms with Gasteiger partial charge in [0.1, 0.15) is 6.10 Å². The van der Waals surface area contributed by atoms with Gasteiger partial charge in [-0.1, -0.05) is 0 Å². The number of ether oxygens (including phenoxy) is 1. The highest BCUT2D eigenvalue weighted by Crippen LogP contribution is 2.33. The highest BCUT2D eigenvalue weighted by molar-refractivity contribution is 7.89. The zero-order valence-electron chi connectivity index (χ0n) is 11.5. The van der Waals surface area contributed by atoms with Gasteiger partial charge in [-0.15, -0.1) is 0 Å². The minimum absolute atomic E-state index is 0.0393. The maximum atomic E-state index is 11.7. The normalized spacial score (nSPS) is 22.2. The molecule has 8 nitrogen and oxygen atoms in total. The van der Waals surface area contributed by atoms with Gasteiger partial charge in [0.15, 0.2) is 5.75 Å². The maximum absolute atomic E-state index is 11.7. The molecule has 1 fully saturated rings. The lowest BCUT2D eigenvalue weighted by atomic mass is 10.2. The van der Waals surface area contributed by atoms with Crippen molar-refractivity contribution < 1.29 is 18.1 Å². The van der Waals surface area contributed by atoms with E-state index in [4.69, 9.17) is 10.5 Å². The monoisotopic (exact) mass is 315 g/mol. The Hall–Kier alpha value is -1.71. The number of sulfonamides is 1. The number of nitrogens with two attached hydrogens (primary N) is 1. The van der Waals surface area contributed by atoms with Crippen molar-refractivity contribution in [3.05, 3.63) is 28.3 Å². The van der Waals surface area contributed by atoms with Crippen molar-refractivity contribution in [1.29, 1.82) is 0 Å². The van der Waals surface area contributed by atoms with Gasteiger partial charge in [0.2, 0.25) is 10.0 Å². The zero-order valence-corrected chi connectivity index (χ0v) is 12.3. The second kappa shape index (κ2) is 5.96. The minimum atomic E-state index is -3.74. The fourth-order valence-corrected chi connectivity index (χ4v) is 3.04. The molecule has 21 heavy (non-hydrogen) atoms. The average Bonchev–Trinajstić information content (AvgIpc) is 2.84. The third-order valence-corrected chi connectivity index (χ3v) is 4.90. The van der Waals surface area contributed by atoms with Crippen LogP contribution >= 0.6 is 0 Å². The van der Waals surface area contributed by atoms with Crippen LogP contribution in [0.25, 0.3) is 0 Å². The zero-order chi connectivity index (χ0) is 15.6. The number of rotatable bonds is 5. The van der Waals surface area contributed by atoms with Gasteiger partial charge in [-0.05, 0) is 38.4 Å². The molecular formula is C12H17N3O5S. The molecule has 2 atom stereocenters. The van der Waals surface area contributed by atoms with Gasteiger partial charge in [-0.25, -0.2) is 13.1 Å². The molecule has 0 saturated heterocycles. The van der Waals surface area contributed by atoms with Crippen LogP contribution in [0.2, 0.25) is 0 Å². The van der Waals surface area contributed by atoms with E-state index in [1.807, 2.05) is 0 Å². The lowest BCUT2D eigenvalue weighted by Gasteiger charge is -2.18. The summed E-state index contributed by atoms with van der Waals surface area (Å²) >= 11 is 0. The standard InChI is InChI=1S/C12H17N3O5S/c1-14-21(18,19)8-5-6-12(10(7-8)15(16)17)20-11-4-2-3-9(11)13/h5-7,9,11,14H,2-4,13H2,1H3. The fraction of sp³-hybridized carbons (Fsp3) is 0.500. The molecule has 0 aromatic heterocycles. The van der Waals surface area contributed by atoms with Crippen LogP contribution in [0.15, 0.2) is 23.1 Å². The van der Waals surface area contributed by atoms with E-state index in [2.05, 4.69) is 4.72 Å². The molecule has 1 aliphatic rings. The van der Waals surface area contributed by atoms with Crippen LogP contribution in [0.4, 0.5) is 5.69 Å². The van der Waals surface area contributed by atoms with Crippen LogP contribution in [-0.4, -0.2) is 32.5 Å². The Morgan fingerprint density at radius 3 is 2.67 bits per heavy atom. The summed E-state index contributed by atoms with van der Waals surface area (Å²) in [5, 5.41) is 11.1. The van der Waals surface area contributed by atoms with Gasteiger partial charge in [-0.2, -0.15) is 0 Å². The molecule has 1 aliphatic carbocycles. The quantitative estimate of drug-likeness (QED) is 0.610. The van der Waals surface area contributed by atoms with Crippen molar-refractivity contribution in [1.82, 2.24) is 4.72 Å². The summed E-state index contributed by atoms with van der Waals surface area (Å²) < 4.78 is 31.1. The number of nitro benzene ring substituents is 1. The van der Waals surface area contributed by atoms with Crippen molar-refractivity contribution in [3.8, 4) is 5.75 Å². The number of benzene rings is 1. The lowest BCUT2D eigenvalue weighted by molar-refractivity contribution is -0.386. The SMILES string of the molecule is CNS(=O)(=O)c1ccc(OC2CCCC2N)c([N+](=O)[O-])c1. The van der Waals surface area contributed by atoms with Gasteiger partial charge < -0.3 is 10.5 Å². The molecule has 0 amide bonds. The second-order valence-corrected chi connectivity index (χ2v) is 6.73. The molecular weight excluding hydrogens is 298 g/mol. The summed E-state index contributed by atoms with van der Waals surface area (Å²) in [5.41, 5.74) is 5.49. The molecule has 0 radical (unpaired) electrons. The van der Waals surface area contributed by atoms with E-state index >= 15 is 0 Å². The van der Waals surface area contributed by atoms with E-state index in [9.17, 15) is 18.5 Å². The van der Waals surface area contributed by atoms with Crippen LogP contribution in [0.3, 0.4) is 0 Å². The van der Waals surface area contributed by atoms with E-state index in [-0.39, 0.29) is 28.5 Å². The Morgan fingerprint density at radius 1 is 1.43 bits per heavy atom.